The van der Waals surface area contributed by atoms with Gasteiger partial charge < -0.3 is 0 Å². The lowest BCUT2D eigenvalue weighted by atomic mass is 10.00. The summed E-state index contributed by atoms with van der Waals surface area (Å²) in [5, 5.41) is 9.04. The third kappa shape index (κ3) is 4.15. The number of anilines is 1. The first kappa shape index (κ1) is 25.6. The average Bonchev–Trinajstić information content (AvgIpc) is 3.05. The molecule has 2 aromatic rings. The molecule has 0 aliphatic carbocycles. The number of imide groups is 1. The number of carbonyl (C=O) groups is 2. The zero-order chi connectivity index (χ0) is 25.6. The molecule has 34 heavy (non-hydrogen) atoms. The van der Waals surface area contributed by atoms with Crippen LogP contribution in [0.2, 0.25) is 0 Å². The van der Waals surface area contributed by atoms with Gasteiger partial charge in [0.05, 0.1) is 28.6 Å². The van der Waals surface area contributed by atoms with Crippen molar-refractivity contribution in [1.29, 1.82) is 5.26 Å². The lowest BCUT2D eigenvalue weighted by molar-refractivity contribution is -0.122. The highest BCUT2D eigenvalue weighted by molar-refractivity contribution is 7.89. The molecule has 0 saturated carbocycles. The van der Waals surface area contributed by atoms with Gasteiger partial charge >= 0.3 is 0 Å². The highest BCUT2D eigenvalue weighted by atomic mass is 32.2. The second-order valence-electron chi connectivity index (χ2n) is 9.50. The van der Waals surface area contributed by atoms with E-state index >= 15 is 0 Å². The summed E-state index contributed by atoms with van der Waals surface area (Å²) < 4.78 is 29.8. The molecule has 0 N–H and O–H groups in total. The van der Waals surface area contributed by atoms with E-state index in [2.05, 4.69) is 0 Å². The number of nitrogens with zero attached hydrogens (tertiary/aromatic N) is 3. The zero-order valence-electron chi connectivity index (χ0n) is 20.8. The molecule has 0 bridgehead atoms. The summed E-state index contributed by atoms with van der Waals surface area (Å²) in [6.45, 7) is 12.7. The minimum atomic E-state index is -4.14. The summed E-state index contributed by atoms with van der Waals surface area (Å²) in [6.07, 6.45) is 0.203. The highest BCUT2D eigenvalue weighted by Gasteiger charge is 2.52. The van der Waals surface area contributed by atoms with Crippen LogP contribution in [0.1, 0.15) is 61.4 Å². The van der Waals surface area contributed by atoms with Crippen LogP contribution in [0.25, 0.3) is 0 Å². The molecule has 1 saturated heterocycles. The first-order valence-electron chi connectivity index (χ1n) is 11.3. The molecule has 0 aromatic heterocycles. The van der Waals surface area contributed by atoms with E-state index in [-0.39, 0.29) is 11.3 Å². The van der Waals surface area contributed by atoms with E-state index in [0.717, 1.165) is 16.0 Å². The van der Waals surface area contributed by atoms with Gasteiger partial charge in [0.2, 0.25) is 15.9 Å². The number of aryl methyl sites for hydroxylation is 2. The molecule has 1 atom stereocenters. The van der Waals surface area contributed by atoms with Gasteiger partial charge in [-0.2, -0.15) is 9.57 Å². The Hall–Kier alpha value is -3.02. The van der Waals surface area contributed by atoms with E-state index in [1.54, 1.807) is 27.7 Å². The molecule has 1 fully saturated rings. The van der Waals surface area contributed by atoms with Gasteiger partial charge in [0.15, 0.2) is 0 Å². The molecule has 1 aliphatic heterocycles. The average molecular weight is 482 g/mol. The molecule has 0 radical (unpaired) electrons. The van der Waals surface area contributed by atoms with Gasteiger partial charge in [0, 0.05) is 5.54 Å². The highest BCUT2D eigenvalue weighted by Crippen LogP contribution is 2.38. The molecular weight excluding hydrogens is 450 g/mol. The second-order valence-corrected chi connectivity index (χ2v) is 11.3. The fraction of sp³-hybridized carbons (Fsp3) is 0.423. The lowest BCUT2D eigenvalue weighted by Crippen LogP contribution is -2.55. The topological polar surface area (TPSA) is 98.5 Å². The Morgan fingerprint density at radius 1 is 1.06 bits per heavy atom. The van der Waals surface area contributed by atoms with E-state index in [0.29, 0.717) is 28.8 Å². The van der Waals surface area contributed by atoms with Crippen LogP contribution in [0.3, 0.4) is 0 Å². The Bertz CT molecular complexity index is 1280. The van der Waals surface area contributed by atoms with Crippen molar-refractivity contribution in [3.05, 3.63) is 58.1 Å². The molecule has 7 nitrogen and oxygen atoms in total. The molecule has 180 valence electrons. The number of sulfonamides is 1. The third-order valence-electron chi connectivity index (χ3n) is 6.94. The van der Waals surface area contributed by atoms with Crippen LogP contribution in [0, 0.1) is 39.0 Å². The van der Waals surface area contributed by atoms with Crippen LogP contribution >= 0.6 is 0 Å². The summed E-state index contributed by atoms with van der Waals surface area (Å²) in [6, 6.07) is 8.89. The van der Waals surface area contributed by atoms with E-state index in [9.17, 15) is 18.0 Å². The maximum atomic E-state index is 14.3. The van der Waals surface area contributed by atoms with Gasteiger partial charge in [-0.1, -0.05) is 13.0 Å². The number of hydrogen-bond donors (Lipinski definition) is 0. The number of hydrogen-bond acceptors (Lipinski definition) is 5. The van der Waals surface area contributed by atoms with Gasteiger partial charge in [-0.05, 0) is 94.5 Å². The molecule has 1 heterocycles. The summed E-state index contributed by atoms with van der Waals surface area (Å²) in [7, 11) is -4.14. The number of amides is 2. The standard InChI is InChI=1S/C26H31N3O4S/c1-8-26(6,7)29(34(32,33)24-18(4)16(2)13-17(3)19(24)5)22-14-23(30)28(25(22)31)21-11-9-20(15-27)10-12-21/h9-13,22H,8,14H2,1-7H3. The minimum absolute atomic E-state index is 0.198. The molecular formula is C26H31N3O4S. The van der Waals surface area contributed by atoms with Crippen molar-refractivity contribution in [3.8, 4) is 6.07 Å². The number of nitriles is 1. The molecule has 2 amide bonds. The Kier molecular flexibility index (Phi) is 6.75. The first-order chi connectivity index (χ1) is 15.8. The van der Waals surface area contributed by atoms with Gasteiger partial charge in [0.1, 0.15) is 6.04 Å². The molecule has 2 aromatic carbocycles. The van der Waals surface area contributed by atoms with Crippen molar-refractivity contribution in [1.82, 2.24) is 4.31 Å². The summed E-state index contributed by atoms with van der Waals surface area (Å²) in [5.74, 6) is -1.06. The zero-order valence-corrected chi connectivity index (χ0v) is 21.6. The normalized spacial score (nSPS) is 16.9. The van der Waals surface area contributed by atoms with Crippen molar-refractivity contribution < 1.29 is 18.0 Å². The molecule has 3 rings (SSSR count). The summed E-state index contributed by atoms with van der Waals surface area (Å²) >= 11 is 0. The van der Waals surface area contributed by atoms with Crippen LogP contribution < -0.4 is 4.90 Å². The number of carbonyl (C=O) groups excluding carboxylic acids is 2. The Labute approximate surface area is 202 Å². The number of rotatable bonds is 6. The van der Waals surface area contributed by atoms with E-state index < -0.39 is 33.4 Å². The molecule has 1 aliphatic rings. The minimum Gasteiger partial charge on any atom is -0.274 e. The van der Waals surface area contributed by atoms with Gasteiger partial charge in [0.25, 0.3) is 5.91 Å². The SMILES string of the molecule is CCC(C)(C)N(C1CC(=O)N(c2ccc(C#N)cc2)C1=O)S(=O)(=O)c1c(C)c(C)cc(C)c1C. The fourth-order valence-corrected chi connectivity index (χ4v) is 7.06. The predicted molar refractivity (Wildman–Crippen MR) is 131 cm³/mol. The first-order valence-corrected chi connectivity index (χ1v) is 12.7. The van der Waals surface area contributed by atoms with Gasteiger partial charge in [-0.3, -0.25) is 9.59 Å². The summed E-state index contributed by atoms with van der Waals surface area (Å²) in [5.41, 5.74) is 2.78. The smallest absolute Gasteiger partial charge is 0.252 e. The van der Waals surface area contributed by atoms with Crippen molar-refractivity contribution in [2.45, 2.75) is 77.8 Å². The van der Waals surface area contributed by atoms with E-state index in [4.69, 9.17) is 5.26 Å². The Morgan fingerprint density at radius 3 is 2.06 bits per heavy atom. The second kappa shape index (κ2) is 8.97. The fourth-order valence-electron chi connectivity index (χ4n) is 4.49. The van der Waals surface area contributed by atoms with Crippen LogP contribution in [-0.4, -0.2) is 36.1 Å². The molecule has 0 spiro atoms. The van der Waals surface area contributed by atoms with Crippen molar-refractivity contribution in [3.63, 3.8) is 0 Å². The van der Waals surface area contributed by atoms with Crippen molar-refractivity contribution in [2.75, 3.05) is 4.90 Å². The Morgan fingerprint density at radius 2 is 1.59 bits per heavy atom. The van der Waals surface area contributed by atoms with E-state index in [1.165, 1.54) is 28.6 Å². The van der Waals surface area contributed by atoms with Gasteiger partial charge in [-0.25, -0.2) is 13.3 Å². The molecule has 1 unspecified atom stereocenters. The molecule has 8 heteroatoms. The Balaban J connectivity index is 2.18. The largest absolute Gasteiger partial charge is 0.274 e. The van der Waals surface area contributed by atoms with E-state index in [1.807, 2.05) is 32.9 Å². The maximum Gasteiger partial charge on any atom is 0.252 e. The van der Waals surface area contributed by atoms with Crippen LogP contribution in [0.5, 0.6) is 0 Å². The monoisotopic (exact) mass is 481 g/mol. The van der Waals surface area contributed by atoms with Crippen LogP contribution in [-0.2, 0) is 19.6 Å². The van der Waals surface area contributed by atoms with Crippen LogP contribution in [0.15, 0.2) is 35.2 Å². The third-order valence-corrected chi connectivity index (χ3v) is 9.33. The predicted octanol–water partition coefficient (Wildman–Crippen LogP) is 4.30. The maximum absolute atomic E-state index is 14.3. The number of benzene rings is 2. The van der Waals surface area contributed by atoms with Crippen molar-refractivity contribution in [2.24, 2.45) is 0 Å². The lowest BCUT2D eigenvalue weighted by Gasteiger charge is -2.40. The summed E-state index contributed by atoms with van der Waals surface area (Å²) in [4.78, 5) is 27.8. The van der Waals surface area contributed by atoms with Crippen molar-refractivity contribution >= 4 is 27.5 Å². The quantitative estimate of drug-likeness (QED) is 0.573. The van der Waals surface area contributed by atoms with Crippen LogP contribution in [0.4, 0.5) is 5.69 Å². The van der Waals surface area contributed by atoms with Gasteiger partial charge in [-0.15, -0.1) is 0 Å².